The number of nitrogens with zero attached hydrogens (tertiary/aromatic N) is 4. The lowest BCUT2D eigenvalue weighted by atomic mass is 9.84. The van der Waals surface area contributed by atoms with E-state index >= 15 is 0 Å². The Bertz CT molecular complexity index is 1190. The highest BCUT2D eigenvalue weighted by molar-refractivity contribution is 5.96. The van der Waals surface area contributed by atoms with Crippen LogP contribution in [-0.2, 0) is 12.0 Å². The van der Waals surface area contributed by atoms with E-state index in [4.69, 9.17) is 19.9 Å². The van der Waals surface area contributed by atoms with Crippen LogP contribution in [0.2, 0.25) is 0 Å². The molecule has 0 radical (unpaired) electrons. The molecule has 198 valence electrons. The van der Waals surface area contributed by atoms with Crippen molar-refractivity contribution < 1.29 is 36.1 Å². The monoisotopic (exact) mass is 519 g/mol. The number of anilines is 1. The summed E-state index contributed by atoms with van der Waals surface area (Å²) in [6, 6.07) is 7.22. The van der Waals surface area contributed by atoms with Crippen LogP contribution in [0.15, 0.2) is 24.3 Å². The summed E-state index contributed by atoms with van der Waals surface area (Å²) in [5, 5.41) is 8.82. The van der Waals surface area contributed by atoms with Gasteiger partial charge >= 0.3 is 11.6 Å². The van der Waals surface area contributed by atoms with Gasteiger partial charge in [0.2, 0.25) is 5.78 Å². The number of rotatable bonds is 11. The molecule has 0 saturated carbocycles. The molecule has 1 aromatic carbocycles. The number of ketones is 1. The fourth-order valence-corrected chi connectivity index (χ4v) is 3.89. The Morgan fingerprint density at radius 1 is 1.08 bits per heavy atom. The van der Waals surface area contributed by atoms with Crippen molar-refractivity contribution in [1.29, 1.82) is 0 Å². The summed E-state index contributed by atoms with van der Waals surface area (Å²) in [5.41, 5.74) is 7.91. The average molecular weight is 520 g/mol. The van der Waals surface area contributed by atoms with Gasteiger partial charge in [-0.05, 0) is 54.4 Å². The molecule has 2 aromatic heterocycles. The van der Waals surface area contributed by atoms with Gasteiger partial charge in [0.15, 0.2) is 18.0 Å². The first-order valence-corrected chi connectivity index (χ1v) is 12.3. The van der Waals surface area contributed by atoms with Gasteiger partial charge in [0.1, 0.15) is 6.10 Å². The van der Waals surface area contributed by atoms with Crippen molar-refractivity contribution in [3.8, 4) is 17.4 Å². The van der Waals surface area contributed by atoms with Gasteiger partial charge in [-0.2, -0.15) is 0 Å². The molecule has 0 aliphatic carbocycles. The second-order valence-corrected chi connectivity index (χ2v) is 9.40. The van der Waals surface area contributed by atoms with E-state index < -0.39 is 0 Å². The lowest BCUT2D eigenvalue weighted by molar-refractivity contribution is -0.714. The number of aromatic nitrogens is 4. The highest BCUT2D eigenvalue weighted by Gasteiger charge is 2.27. The maximum Gasteiger partial charge on any atom is 0.355 e. The minimum Gasteiger partial charge on any atom is -1.00 e. The molecule has 3 aromatic rings. The molecule has 0 fully saturated rings. The lowest BCUT2D eigenvalue weighted by Gasteiger charge is -2.25. The van der Waals surface area contributed by atoms with Crippen LogP contribution in [0.3, 0.4) is 0 Å². The number of benzene rings is 1. The first kappa shape index (κ1) is 29.2. The molecular weight excluding hydrogens is 482 g/mol. The molecule has 0 atom stereocenters. The molecular formula is C26H38ClN5O4. The number of nitrogen functional groups attached to an aromatic ring is 1. The van der Waals surface area contributed by atoms with Gasteiger partial charge in [-0.25, -0.2) is 0 Å². The van der Waals surface area contributed by atoms with Crippen LogP contribution in [0.4, 0.5) is 5.95 Å². The van der Waals surface area contributed by atoms with Crippen molar-refractivity contribution in [1.82, 2.24) is 14.7 Å². The van der Waals surface area contributed by atoms with Crippen molar-refractivity contribution in [2.75, 3.05) is 18.9 Å². The van der Waals surface area contributed by atoms with Crippen LogP contribution < -0.4 is 37.0 Å². The van der Waals surface area contributed by atoms with E-state index in [1.54, 1.807) is 16.8 Å². The molecule has 0 aliphatic heterocycles. The summed E-state index contributed by atoms with van der Waals surface area (Å²) in [6.07, 6.45) is 1.84. The molecule has 0 amide bonds. The Morgan fingerprint density at radius 2 is 1.75 bits per heavy atom. The lowest BCUT2D eigenvalue weighted by Crippen LogP contribution is -3.00. The molecule has 2 heterocycles. The van der Waals surface area contributed by atoms with Crippen LogP contribution in [0.1, 0.15) is 77.2 Å². The maximum atomic E-state index is 13.4. The second kappa shape index (κ2) is 12.3. The number of nitrogens with two attached hydrogens (primary N) is 1. The minimum absolute atomic E-state index is 0. The van der Waals surface area contributed by atoms with Crippen LogP contribution in [0.5, 0.6) is 17.4 Å². The third kappa shape index (κ3) is 6.37. The zero-order valence-corrected chi connectivity index (χ0v) is 23.1. The predicted octanol–water partition coefficient (Wildman–Crippen LogP) is 1.15. The number of hydrogen-bond donors (Lipinski definition) is 1. The largest absolute Gasteiger partial charge is 1.00 e. The van der Waals surface area contributed by atoms with Gasteiger partial charge in [-0.1, -0.05) is 39.1 Å². The molecule has 0 bridgehead atoms. The summed E-state index contributed by atoms with van der Waals surface area (Å²) in [5.74, 6) is 1.77. The number of carbonyl (C=O) groups excluding carboxylic acids is 1. The number of carbonyl (C=O) groups is 1. The quantitative estimate of drug-likeness (QED) is 0.299. The van der Waals surface area contributed by atoms with E-state index in [1.807, 2.05) is 26.0 Å². The van der Waals surface area contributed by atoms with Gasteiger partial charge in [0.05, 0.1) is 13.2 Å². The summed E-state index contributed by atoms with van der Waals surface area (Å²) in [7, 11) is 0. The predicted molar refractivity (Wildman–Crippen MR) is 134 cm³/mol. The van der Waals surface area contributed by atoms with Crippen molar-refractivity contribution in [2.45, 2.75) is 79.4 Å². The van der Waals surface area contributed by atoms with Gasteiger partial charge < -0.3 is 32.4 Å². The third-order valence-corrected chi connectivity index (χ3v) is 5.76. The molecule has 2 N–H and O–H groups in total. The number of Topliss-reactive ketones (excluding diaryl/α,β-unsaturated/α-hetero) is 1. The number of ether oxygens (including phenoxy) is 3. The molecule has 0 aliphatic rings. The molecule has 0 saturated heterocycles. The normalized spacial score (nSPS) is 11.4. The Morgan fingerprint density at radius 3 is 2.33 bits per heavy atom. The summed E-state index contributed by atoms with van der Waals surface area (Å²) in [4.78, 5) is 13.4. The van der Waals surface area contributed by atoms with Gasteiger partial charge in [-0.3, -0.25) is 4.79 Å². The van der Waals surface area contributed by atoms with Crippen molar-refractivity contribution >= 4 is 17.4 Å². The Labute approximate surface area is 219 Å². The molecule has 3 rings (SSSR count). The maximum absolute atomic E-state index is 13.4. The Hall–Kier alpha value is -3.07. The second-order valence-electron chi connectivity index (χ2n) is 9.40. The standard InChI is InChI=1S/C26H38N5O4.ClH/c1-8-18(9-2)35-22-12-13-23-30(29-25(27)31(23)28-22)16-20(32)17-14-19(26(5,6)7)24(34-11-4)21(15-17)33-10-3;/h12-15,18H,8-11,16H2,1-7H3,(H2,27,29);1H/q+1;/p-1. The number of fused-ring (bicyclic) bond motifs is 1. The highest BCUT2D eigenvalue weighted by atomic mass is 35.5. The first-order valence-electron chi connectivity index (χ1n) is 12.3. The summed E-state index contributed by atoms with van der Waals surface area (Å²) >= 11 is 0. The van der Waals surface area contributed by atoms with Crippen molar-refractivity contribution in [3.05, 3.63) is 35.4 Å². The number of halogens is 1. The minimum atomic E-state index is -0.250. The van der Waals surface area contributed by atoms with Crippen LogP contribution >= 0.6 is 0 Å². The molecule has 0 unspecified atom stereocenters. The van der Waals surface area contributed by atoms with Gasteiger partial charge in [0, 0.05) is 23.3 Å². The van der Waals surface area contributed by atoms with E-state index in [-0.39, 0.29) is 42.2 Å². The highest BCUT2D eigenvalue weighted by Crippen LogP contribution is 2.40. The summed E-state index contributed by atoms with van der Waals surface area (Å²) < 4.78 is 20.8. The van der Waals surface area contributed by atoms with Gasteiger partial charge in [0.25, 0.3) is 5.88 Å². The topological polar surface area (TPSA) is 105 Å². The van der Waals surface area contributed by atoms with E-state index in [0.29, 0.717) is 41.8 Å². The smallest absolute Gasteiger partial charge is 0.355 e. The molecule has 9 nitrogen and oxygen atoms in total. The van der Waals surface area contributed by atoms with Crippen molar-refractivity contribution in [2.24, 2.45) is 0 Å². The number of hydrogen-bond acceptors (Lipinski definition) is 7. The van der Waals surface area contributed by atoms with E-state index in [2.05, 4.69) is 44.8 Å². The van der Waals surface area contributed by atoms with E-state index in [9.17, 15) is 4.79 Å². The van der Waals surface area contributed by atoms with Crippen LogP contribution in [0.25, 0.3) is 5.65 Å². The third-order valence-electron chi connectivity index (χ3n) is 5.76. The Balaban J connectivity index is 0.00000456. The molecule has 0 spiro atoms. The first-order chi connectivity index (χ1) is 16.6. The zero-order valence-electron chi connectivity index (χ0n) is 22.3. The van der Waals surface area contributed by atoms with E-state index in [1.165, 1.54) is 4.52 Å². The zero-order chi connectivity index (χ0) is 25.8. The molecule has 36 heavy (non-hydrogen) atoms. The van der Waals surface area contributed by atoms with Crippen LogP contribution in [-0.4, -0.2) is 39.8 Å². The van der Waals surface area contributed by atoms with Crippen LogP contribution in [0, 0.1) is 0 Å². The SMILES string of the molecule is CCOc1cc(C(=O)C[n+]2nc(N)n3nc(OC(CC)CC)ccc32)cc(C(C)(C)C)c1OCC.[Cl-]. The Kier molecular flexibility index (Phi) is 9.93. The van der Waals surface area contributed by atoms with Gasteiger partial charge in [-0.15, -0.1) is 4.68 Å². The average Bonchev–Trinajstić information content (AvgIpc) is 3.12. The van der Waals surface area contributed by atoms with E-state index in [0.717, 1.165) is 18.4 Å². The summed E-state index contributed by atoms with van der Waals surface area (Å²) in [6.45, 7) is 15.2. The van der Waals surface area contributed by atoms with Crippen molar-refractivity contribution in [3.63, 3.8) is 0 Å². The molecule has 10 heteroatoms. The fourth-order valence-electron chi connectivity index (χ4n) is 3.89. The fraction of sp³-hybridized carbons (Fsp3) is 0.538.